The molecule has 0 radical (unpaired) electrons. The van der Waals surface area contributed by atoms with Crippen molar-refractivity contribution in [2.45, 2.75) is 63.6 Å². The number of fused-ring (bicyclic) bond motifs is 1. The van der Waals surface area contributed by atoms with Crippen molar-refractivity contribution in [1.82, 2.24) is 19.4 Å². The Labute approximate surface area is 211 Å². The van der Waals surface area contributed by atoms with Gasteiger partial charge in [0.2, 0.25) is 0 Å². The normalized spacial score (nSPS) is 20.9. The first-order chi connectivity index (χ1) is 17.3. The molecule has 2 aromatic heterocycles. The zero-order valence-corrected chi connectivity index (χ0v) is 20.9. The molecule has 2 N–H and O–H groups in total. The number of carbonyl (C=O) groups is 1. The minimum Gasteiger partial charge on any atom is -0.507 e. The van der Waals surface area contributed by atoms with Crippen LogP contribution < -0.4 is 16.6 Å². The maximum atomic E-state index is 14.1. The maximum Gasteiger partial charge on any atom is 0.333 e. The molecule has 3 aromatic rings. The minimum atomic E-state index is -0.610. The topological polar surface area (TPSA) is 106 Å². The van der Waals surface area contributed by atoms with E-state index in [1.54, 1.807) is 22.8 Å². The van der Waals surface area contributed by atoms with Gasteiger partial charge in [0.15, 0.2) is 0 Å². The summed E-state index contributed by atoms with van der Waals surface area (Å²) in [4.78, 5) is 43.9. The number of hydrogen-bond donors (Lipinski definition) is 2. The SMILES string of the molecule is Cc1ccc(C(=O)NC2CCC(n3c(=O)c4cc(F)cnc4n(C4CCSCC4)c3=O)CC2)c(O)c1. The van der Waals surface area contributed by atoms with Crippen molar-refractivity contribution in [3.05, 3.63) is 68.2 Å². The van der Waals surface area contributed by atoms with E-state index in [-0.39, 0.29) is 52.1 Å². The molecule has 1 aliphatic heterocycles. The first kappa shape index (κ1) is 24.5. The van der Waals surface area contributed by atoms with E-state index in [9.17, 15) is 23.9 Å². The Morgan fingerprint density at radius 3 is 2.44 bits per heavy atom. The van der Waals surface area contributed by atoms with Crippen molar-refractivity contribution in [2.75, 3.05) is 11.5 Å². The highest BCUT2D eigenvalue weighted by Crippen LogP contribution is 2.30. The number of benzene rings is 1. The Hall–Kier alpha value is -3.14. The van der Waals surface area contributed by atoms with Crippen molar-refractivity contribution >= 4 is 28.7 Å². The molecule has 36 heavy (non-hydrogen) atoms. The lowest BCUT2D eigenvalue weighted by Gasteiger charge is -2.31. The van der Waals surface area contributed by atoms with Crippen LogP contribution in [0.1, 0.15) is 66.5 Å². The molecule has 3 heterocycles. The number of phenolic OH excluding ortho intramolecular Hbond substituents is 1. The van der Waals surface area contributed by atoms with E-state index in [4.69, 9.17) is 0 Å². The summed E-state index contributed by atoms with van der Waals surface area (Å²) < 4.78 is 17.0. The molecule has 0 atom stereocenters. The highest BCUT2D eigenvalue weighted by atomic mass is 32.2. The van der Waals surface area contributed by atoms with Crippen LogP contribution in [0.4, 0.5) is 4.39 Å². The van der Waals surface area contributed by atoms with Gasteiger partial charge in [0, 0.05) is 18.1 Å². The fourth-order valence-electron chi connectivity index (χ4n) is 5.37. The Kier molecular flexibility index (Phi) is 6.87. The first-order valence-corrected chi connectivity index (χ1v) is 13.5. The molecule has 0 unspecified atom stereocenters. The predicted octanol–water partition coefficient (Wildman–Crippen LogP) is 3.69. The molecular weight excluding hydrogens is 483 g/mol. The van der Waals surface area contributed by atoms with E-state index in [0.717, 1.165) is 36.1 Å². The average molecular weight is 513 g/mol. The fraction of sp³-hybridized carbons (Fsp3) is 0.462. The Bertz CT molecular complexity index is 1420. The number of rotatable bonds is 4. The molecule has 2 fully saturated rings. The van der Waals surface area contributed by atoms with Crippen LogP contribution in [0.5, 0.6) is 5.75 Å². The number of carbonyl (C=O) groups excluding carboxylic acids is 1. The van der Waals surface area contributed by atoms with Gasteiger partial charge in [0.1, 0.15) is 17.2 Å². The number of nitrogens with zero attached hydrogens (tertiary/aromatic N) is 3. The third-order valence-corrected chi connectivity index (χ3v) is 8.32. The zero-order chi connectivity index (χ0) is 25.4. The van der Waals surface area contributed by atoms with Gasteiger partial charge in [-0.2, -0.15) is 11.8 Å². The molecule has 2 aliphatic rings. The van der Waals surface area contributed by atoms with Gasteiger partial charge in [-0.1, -0.05) is 6.07 Å². The Morgan fingerprint density at radius 2 is 1.75 bits per heavy atom. The summed E-state index contributed by atoms with van der Waals surface area (Å²) in [6.07, 6.45) is 4.84. The summed E-state index contributed by atoms with van der Waals surface area (Å²) in [6, 6.07) is 5.53. The number of aromatic nitrogens is 3. The second-order valence-electron chi connectivity index (χ2n) is 9.70. The van der Waals surface area contributed by atoms with Crippen LogP contribution in [-0.2, 0) is 0 Å². The van der Waals surface area contributed by atoms with E-state index >= 15 is 0 Å². The van der Waals surface area contributed by atoms with Crippen molar-refractivity contribution in [1.29, 1.82) is 0 Å². The van der Waals surface area contributed by atoms with Gasteiger partial charge in [-0.3, -0.25) is 18.7 Å². The number of aromatic hydroxyl groups is 1. The molecule has 5 rings (SSSR count). The number of amides is 1. The van der Waals surface area contributed by atoms with Crippen molar-refractivity contribution in [3.8, 4) is 5.75 Å². The molecule has 190 valence electrons. The summed E-state index contributed by atoms with van der Waals surface area (Å²) in [5.41, 5.74) is 0.425. The summed E-state index contributed by atoms with van der Waals surface area (Å²) in [5, 5.41) is 13.2. The summed E-state index contributed by atoms with van der Waals surface area (Å²) >= 11 is 1.83. The van der Waals surface area contributed by atoms with Crippen molar-refractivity contribution in [2.24, 2.45) is 0 Å². The number of phenols is 1. The largest absolute Gasteiger partial charge is 0.507 e. The van der Waals surface area contributed by atoms with E-state index < -0.39 is 11.4 Å². The summed E-state index contributed by atoms with van der Waals surface area (Å²) in [7, 11) is 0. The van der Waals surface area contributed by atoms with Gasteiger partial charge in [-0.05, 0) is 80.7 Å². The van der Waals surface area contributed by atoms with Crippen LogP contribution in [0, 0.1) is 12.7 Å². The van der Waals surface area contributed by atoms with Gasteiger partial charge in [-0.25, -0.2) is 14.2 Å². The van der Waals surface area contributed by atoms with Crippen LogP contribution in [0.25, 0.3) is 11.0 Å². The van der Waals surface area contributed by atoms with E-state index in [1.807, 2.05) is 18.7 Å². The zero-order valence-electron chi connectivity index (χ0n) is 20.1. The molecule has 1 saturated heterocycles. The molecule has 1 saturated carbocycles. The highest BCUT2D eigenvalue weighted by molar-refractivity contribution is 7.99. The number of pyridine rings is 1. The number of halogens is 1. The second kappa shape index (κ2) is 10.1. The van der Waals surface area contributed by atoms with E-state index in [0.29, 0.717) is 25.7 Å². The lowest BCUT2D eigenvalue weighted by molar-refractivity contribution is 0.0919. The van der Waals surface area contributed by atoms with Crippen molar-refractivity contribution in [3.63, 3.8) is 0 Å². The number of hydrogen-bond acceptors (Lipinski definition) is 6. The number of aryl methyl sites for hydroxylation is 1. The third kappa shape index (κ3) is 4.66. The predicted molar refractivity (Wildman–Crippen MR) is 137 cm³/mol. The standard InChI is InChI=1S/C26H29FN4O4S/c1-15-2-7-20(22(32)12-15)24(33)29-17-3-5-18(6-4-17)31-25(34)21-13-16(27)14-28-23(21)30(26(31)35)19-8-10-36-11-9-19/h2,7,12-14,17-19,32H,3-6,8-11H2,1H3,(H,29,33). The van der Waals surface area contributed by atoms with E-state index in [2.05, 4.69) is 10.3 Å². The van der Waals surface area contributed by atoms with Crippen LogP contribution in [-0.4, -0.2) is 42.7 Å². The van der Waals surface area contributed by atoms with Crippen molar-refractivity contribution < 1.29 is 14.3 Å². The Morgan fingerprint density at radius 1 is 1.06 bits per heavy atom. The summed E-state index contributed by atoms with van der Waals surface area (Å²) in [5.74, 6) is 0.811. The van der Waals surface area contributed by atoms with Crippen LogP contribution in [0.2, 0.25) is 0 Å². The monoisotopic (exact) mass is 512 g/mol. The lowest BCUT2D eigenvalue weighted by Crippen LogP contribution is -2.46. The molecule has 0 spiro atoms. The molecule has 8 nitrogen and oxygen atoms in total. The van der Waals surface area contributed by atoms with Gasteiger partial charge >= 0.3 is 5.69 Å². The number of thioether (sulfide) groups is 1. The molecule has 10 heteroatoms. The van der Waals surface area contributed by atoms with E-state index in [1.165, 1.54) is 10.6 Å². The summed E-state index contributed by atoms with van der Waals surface area (Å²) in [6.45, 7) is 1.84. The second-order valence-corrected chi connectivity index (χ2v) is 10.9. The van der Waals surface area contributed by atoms with Gasteiger partial charge in [0.05, 0.1) is 17.1 Å². The molecule has 1 aromatic carbocycles. The first-order valence-electron chi connectivity index (χ1n) is 12.3. The highest BCUT2D eigenvalue weighted by Gasteiger charge is 2.30. The third-order valence-electron chi connectivity index (χ3n) is 7.27. The molecule has 1 aliphatic carbocycles. The minimum absolute atomic E-state index is 0.0635. The van der Waals surface area contributed by atoms with Crippen LogP contribution in [0.15, 0.2) is 40.1 Å². The number of nitrogens with one attached hydrogen (secondary N) is 1. The molecule has 1 amide bonds. The molecule has 0 bridgehead atoms. The lowest BCUT2D eigenvalue weighted by atomic mass is 9.90. The fourth-order valence-corrected chi connectivity index (χ4v) is 6.46. The van der Waals surface area contributed by atoms with Gasteiger partial charge in [0.25, 0.3) is 11.5 Å². The van der Waals surface area contributed by atoms with Gasteiger partial charge < -0.3 is 10.4 Å². The maximum absolute atomic E-state index is 14.1. The molecular formula is C26H29FN4O4S. The van der Waals surface area contributed by atoms with Gasteiger partial charge in [-0.15, -0.1) is 0 Å². The average Bonchev–Trinajstić information content (AvgIpc) is 2.86. The van der Waals surface area contributed by atoms with Crippen LogP contribution >= 0.6 is 11.8 Å². The smallest absolute Gasteiger partial charge is 0.333 e. The van der Waals surface area contributed by atoms with Crippen LogP contribution in [0.3, 0.4) is 0 Å². The quantitative estimate of drug-likeness (QED) is 0.552. The Balaban J connectivity index is 1.41.